The monoisotopic (exact) mass is 495 g/mol. The molecule has 1 fully saturated rings. The van der Waals surface area contributed by atoms with E-state index >= 15 is 0 Å². The largest absolute Gasteiger partial charge is 0.416 e. The van der Waals surface area contributed by atoms with Gasteiger partial charge in [-0.3, -0.25) is 9.89 Å². The molecule has 1 aromatic heterocycles. The number of nitrogens with one attached hydrogen (secondary N) is 2. The van der Waals surface area contributed by atoms with Gasteiger partial charge in [-0.25, -0.2) is 12.8 Å². The molecule has 34 heavy (non-hydrogen) atoms. The Morgan fingerprint density at radius 1 is 1.00 bits per heavy atom. The third kappa shape index (κ3) is 5.14. The Labute approximate surface area is 193 Å². The summed E-state index contributed by atoms with van der Waals surface area (Å²) in [6.45, 7) is 0. The summed E-state index contributed by atoms with van der Waals surface area (Å²) in [6.07, 6.45) is -3.46. The molecule has 11 heteroatoms. The molecule has 1 saturated carbocycles. The van der Waals surface area contributed by atoms with Crippen LogP contribution in [0.1, 0.15) is 41.7 Å². The Balaban J connectivity index is 1.37. The zero-order valence-corrected chi connectivity index (χ0v) is 18.6. The van der Waals surface area contributed by atoms with Gasteiger partial charge < -0.3 is 5.32 Å². The van der Waals surface area contributed by atoms with Gasteiger partial charge in [0.05, 0.1) is 21.4 Å². The highest BCUT2D eigenvalue weighted by Crippen LogP contribution is 2.34. The van der Waals surface area contributed by atoms with Crippen LogP contribution in [0.25, 0.3) is 11.3 Å². The maximum absolute atomic E-state index is 13.1. The Hall–Kier alpha value is -3.21. The van der Waals surface area contributed by atoms with Gasteiger partial charge in [0, 0.05) is 11.6 Å². The van der Waals surface area contributed by atoms with Crippen molar-refractivity contribution in [3.63, 3.8) is 0 Å². The maximum Gasteiger partial charge on any atom is 0.416 e. The van der Waals surface area contributed by atoms with E-state index in [4.69, 9.17) is 0 Å². The second-order valence-corrected chi connectivity index (χ2v) is 10.4. The Kier molecular flexibility index (Phi) is 6.48. The molecule has 0 bridgehead atoms. The minimum atomic E-state index is -4.63. The zero-order valence-electron chi connectivity index (χ0n) is 17.8. The smallest absolute Gasteiger partial charge is 0.348 e. The molecule has 2 aromatic carbocycles. The summed E-state index contributed by atoms with van der Waals surface area (Å²) in [4.78, 5) is 12.2. The highest BCUT2D eigenvalue weighted by Gasteiger charge is 2.35. The number of carbonyl (C=O) groups is 1. The SMILES string of the molecule is O=C(N[C@H]1CC[C@H](S(=O)(=O)c2cccc(C(F)(F)F)c2)CC1)c1cc(-c2ccc(F)cc2)n[nH]1. The fourth-order valence-corrected chi connectivity index (χ4v) is 5.87. The minimum Gasteiger partial charge on any atom is -0.348 e. The van der Waals surface area contributed by atoms with Crippen LogP contribution in [0.2, 0.25) is 0 Å². The first-order valence-electron chi connectivity index (χ1n) is 10.6. The van der Waals surface area contributed by atoms with Gasteiger partial charge in [0.2, 0.25) is 0 Å². The second kappa shape index (κ2) is 9.21. The van der Waals surface area contributed by atoms with Crippen LogP contribution in [0.4, 0.5) is 17.6 Å². The maximum atomic E-state index is 13.1. The molecule has 1 amide bonds. The lowest BCUT2D eigenvalue weighted by atomic mass is 9.95. The quantitative estimate of drug-likeness (QED) is 0.500. The van der Waals surface area contributed by atoms with Crippen molar-refractivity contribution in [1.29, 1.82) is 0 Å². The number of nitrogens with zero attached hydrogens (tertiary/aromatic N) is 1. The van der Waals surface area contributed by atoms with E-state index in [0.29, 0.717) is 30.2 Å². The number of amides is 1. The van der Waals surface area contributed by atoms with Gasteiger partial charge in [-0.05, 0) is 74.2 Å². The van der Waals surface area contributed by atoms with Crippen molar-refractivity contribution in [1.82, 2.24) is 15.5 Å². The number of halogens is 4. The summed E-state index contributed by atoms with van der Waals surface area (Å²) in [6, 6.07) is 10.7. The molecular formula is C23H21F4N3O3S. The number of aromatic nitrogens is 2. The van der Waals surface area contributed by atoms with Crippen molar-refractivity contribution in [3.05, 3.63) is 71.7 Å². The van der Waals surface area contributed by atoms with E-state index in [1.54, 1.807) is 12.1 Å². The molecule has 2 N–H and O–H groups in total. The van der Waals surface area contributed by atoms with Gasteiger partial charge in [0.1, 0.15) is 11.5 Å². The van der Waals surface area contributed by atoms with Crippen LogP contribution < -0.4 is 5.32 Å². The number of H-pyrrole nitrogens is 1. The van der Waals surface area contributed by atoms with Gasteiger partial charge in [0.15, 0.2) is 9.84 Å². The second-order valence-electron chi connectivity index (χ2n) is 8.19. The number of benzene rings is 2. The van der Waals surface area contributed by atoms with Crippen LogP contribution in [0, 0.1) is 5.82 Å². The average molecular weight is 495 g/mol. The number of alkyl halides is 3. The molecule has 3 aromatic rings. The van der Waals surface area contributed by atoms with Gasteiger partial charge in [-0.1, -0.05) is 6.07 Å². The molecule has 0 atom stereocenters. The summed E-state index contributed by atoms with van der Waals surface area (Å²) < 4.78 is 77.8. The van der Waals surface area contributed by atoms with E-state index in [0.717, 1.165) is 12.1 Å². The van der Waals surface area contributed by atoms with E-state index < -0.39 is 32.7 Å². The first-order valence-corrected chi connectivity index (χ1v) is 12.1. The van der Waals surface area contributed by atoms with E-state index in [9.17, 15) is 30.8 Å². The van der Waals surface area contributed by atoms with Crippen molar-refractivity contribution < 1.29 is 30.8 Å². The predicted molar refractivity (Wildman–Crippen MR) is 116 cm³/mol. The highest BCUT2D eigenvalue weighted by atomic mass is 32.2. The van der Waals surface area contributed by atoms with Crippen molar-refractivity contribution in [3.8, 4) is 11.3 Å². The molecule has 4 rings (SSSR count). The fourth-order valence-electron chi connectivity index (χ4n) is 4.03. The lowest BCUT2D eigenvalue weighted by Gasteiger charge is -2.29. The van der Waals surface area contributed by atoms with Crippen LogP contribution in [-0.4, -0.2) is 35.8 Å². The standard InChI is InChI=1S/C23H21F4N3O3S/c24-16-6-4-14(5-7-16)20-13-21(30-29-20)22(31)28-17-8-10-18(11-9-17)34(32,33)19-3-1-2-15(12-19)23(25,26)27/h1-7,12-13,17-18H,8-11H2,(H,28,31)(H,29,30)/t17-,18-. The summed E-state index contributed by atoms with van der Waals surface area (Å²) in [7, 11) is -3.93. The number of carbonyl (C=O) groups excluding carboxylic acids is 1. The normalized spacial score (nSPS) is 19.1. The van der Waals surface area contributed by atoms with E-state index in [-0.39, 0.29) is 35.3 Å². The first-order chi connectivity index (χ1) is 16.0. The summed E-state index contributed by atoms with van der Waals surface area (Å²) >= 11 is 0. The first kappa shape index (κ1) is 23.9. The number of rotatable bonds is 5. The molecule has 0 unspecified atom stereocenters. The van der Waals surface area contributed by atoms with Crippen molar-refractivity contribution >= 4 is 15.7 Å². The van der Waals surface area contributed by atoms with Gasteiger partial charge >= 0.3 is 6.18 Å². The van der Waals surface area contributed by atoms with Crippen molar-refractivity contribution in [2.75, 3.05) is 0 Å². The van der Waals surface area contributed by atoms with Crippen LogP contribution in [0.15, 0.2) is 59.5 Å². The number of aromatic amines is 1. The fraction of sp³-hybridized carbons (Fsp3) is 0.304. The molecule has 0 spiro atoms. The molecule has 0 saturated heterocycles. The minimum absolute atomic E-state index is 0.207. The molecule has 1 aliphatic rings. The molecule has 1 heterocycles. The third-order valence-electron chi connectivity index (χ3n) is 5.90. The Morgan fingerprint density at radius 2 is 1.68 bits per heavy atom. The van der Waals surface area contributed by atoms with Crippen molar-refractivity contribution in [2.24, 2.45) is 0 Å². The van der Waals surface area contributed by atoms with E-state index in [2.05, 4.69) is 15.5 Å². The third-order valence-corrected chi connectivity index (χ3v) is 8.16. The average Bonchev–Trinajstić information content (AvgIpc) is 3.30. The van der Waals surface area contributed by atoms with Crippen LogP contribution in [0.3, 0.4) is 0 Å². The number of sulfone groups is 1. The van der Waals surface area contributed by atoms with Crippen LogP contribution in [0.5, 0.6) is 0 Å². The lowest BCUT2D eigenvalue weighted by molar-refractivity contribution is -0.137. The molecule has 6 nitrogen and oxygen atoms in total. The summed E-state index contributed by atoms with van der Waals surface area (Å²) in [5, 5.41) is 8.72. The zero-order chi connectivity index (χ0) is 24.5. The van der Waals surface area contributed by atoms with Crippen LogP contribution in [-0.2, 0) is 16.0 Å². The topological polar surface area (TPSA) is 91.9 Å². The molecule has 0 radical (unpaired) electrons. The molecular weight excluding hydrogens is 474 g/mol. The molecule has 0 aliphatic heterocycles. The van der Waals surface area contributed by atoms with Crippen molar-refractivity contribution in [2.45, 2.75) is 48.0 Å². The molecule has 1 aliphatic carbocycles. The predicted octanol–water partition coefficient (Wildman–Crippen LogP) is 4.75. The van der Waals surface area contributed by atoms with E-state index in [1.807, 2.05) is 0 Å². The van der Waals surface area contributed by atoms with Gasteiger partial charge in [-0.15, -0.1) is 0 Å². The number of hydrogen-bond acceptors (Lipinski definition) is 4. The highest BCUT2D eigenvalue weighted by molar-refractivity contribution is 7.92. The summed E-state index contributed by atoms with van der Waals surface area (Å²) in [5.41, 5.74) is 0.310. The van der Waals surface area contributed by atoms with Gasteiger partial charge in [-0.2, -0.15) is 18.3 Å². The number of hydrogen-bond donors (Lipinski definition) is 2. The van der Waals surface area contributed by atoms with Gasteiger partial charge in [0.25, 0.3) is 5.91 Å². The lowest BCUT2D eigenvalue weighted by Crippen LogP contribution is -2.40. The van der Waals surface area contributed by atoms with E-state index in [1.165, 1.54) is 24.3 Å². The Bertz CT molecular complexity index is 1280. The summed E-state index contributed by atoms with van der Waals surface area (Å²) in [5.74, 6) is -0.798. The molecule has 180 valence electrons. The van der Waals surface area contributed by atoms with Crippen LogP contribution >= 0.6 is 0 Å². The Morgan fingerprint density at radius 3 is 2.32 bits per heavy atom.